The lowest BCUT2D eigenvalue weighted by Crippen LogP contribution is -2.59. The second-order valence-electron chi connectivity index (χ2n) is 16.6. The van der Waals surface area contributed by atoms with E-state index in [0.717, 1.165) is 57.8 Å². The van der Waals surface area contributed by atoms with Gasteiger partial charge in [-0.05, 0) is 70.6 Å². The van der Waals surface area contributed by atoms with E-state index < -0.39 is 55.4 Å². The summed E-state index contributed by atoms with van der Waals surface area (Å²) >= 11 is 0. The minimum atomic E-state index is -1.60. The van der Waals surface area contributed by atoms with Gasteiger partial charge in [0.05, 0.1) is 13.2 Å². The number of unbranched alkanes of at least 4 members (excludes halogenated alkanes) is 23. The maximum Gasteiger partial charge on any atom is 0.306 e. The SMILES string of the molecule is CCCCC/C=C/C/C=C/CCCCCCCCCCCC(=O)O[C@H](COC(=O)CCCCC/C=C/CCCCCCCCCC)CO[C@@H]1O[C@H](CO)[C@H](O)C(O)C1O. The van der Waals surface area contributed by atoms with Crippen molar-refractivity contribution in [1.29, 1.82) is 0 Å². The Labute approximate surface area is 359 Å². The molecule has 10 nitrogen and oxygen atoms in total. The lowest BCUT2D eigenvalue weighted by molar-refractivity contribution is -0.305. The van der Waals surface area contributed by atoms with E-state index in [-0.39, 0.29) is 26.1 Å². The van der Waals surface area contributed by atoms with Crippen LogP contribution in [0.2, 0.25) is 0 Å². The summed E-state index contributed by atoms with van der Waals surface area (Å²) in [5.74, 6) is -0.826. The number of aliphatic hydroxyl groups is 4. The molecule has 0 aromatic carbocycles. The smallest absolute Gasteiger partial charge is 0.306 e. The van der Waals surface area contributed by atoms with Gasteiger partial charge >= 0.3 is 11.9 Å². The van der Waals surface area contributed by atoms with Gasteiger partial charge in [-0.3, -0.25) is 9.59 Å². The van der Waals surface area contributed by atoms with Crippen LogP contribution in [-0.4, -0.2) is 89.0 Å². The second-order valence-corrected chi connectivity index (χ2v) is 16.6. The molecule has 1 heterocycles. The summed E-state index contributed by atoms with van der Waals surface area (Å²) in [7, 11) is 0. The molecule has 59 heavy (non-hydrogen) atoms. The molecule has 2 unspecified atom stereocenters. The summed E-state index contributed by atoms with van der Waals surface area (Å²) in [6, 6.07) is 0. The molecule has 0 saturated carbocycles. The van der Waals surface area contributed by atoms with Crippen LogP contribution >= 0.6 is 0 Å². The third-order valence-corrected chi connectivity index (χ3v) is 11.0. The standard InChI is InChI=1S/C49H88O10/c1-3-5-7-9-11-13-15-17-19-20-21-22-24-26-28-30-32-34-36-38-45(52)58-42(41-57-49-48(55)47(54)46(53)43(39-50)59-49)40-56-44(51)37-35-33-31-29-27-25-23-18-16-14-12-10-8-6-4-2/h11,13,17,19,25,27,42-43,46-50,53-55H,3-10,12,14-16,18,20-24,26,28-41H2,1-2H3/b13-11+,19-17+,27-25+/t42-,43-,46+,47?,48?,49-/m1/s1. The molecule has 1 saturated heterocycles. The van der Waals surface area contributed by atoms with Crippen molar-refractivity contribution in [3.63, 3.8) is 0 Å². The van der Waals surface area contributed by atoms with Crippen LogP contribution < -0.4 is 0 Å². The van der Waals surface area contributed by atoms with E-state index in [1.54, 1.807) is 0 Å². The summed E-state index contributed by atoms with van der Waals surface area (Å²) in [5, 5.41) is 40.1. The molecule has 10 heteroatoms. The summed E-state index contributed by atoms with van der Waals surface area (Å²) in [5.41, 5.74) is 0. The van der Waals surface area contributed by atoms with Crippen molar-refractivity contribution < 1.29 is 49.0 Å². The summed E-state index contributed by atoms with van der Waals surface area (Å²) in [6.45, 7) is 3.39. The Morgan fingerprint density at radius 2 is 0.949 bits per heavy atom. The van der Waals surface area contributed by atoms with Crippen LogP contribution in [0, 0.1) is 0 Å². The maximum absolute atomic E-state index is 12.8. The summed E-state index contributed by atoms with van der Waals surface area (Å²) < 4.78 is 22.2. The largest absolute Gasteiger partial charge is 0.462 e. The first-order valence-corrected chi connectivity index (χ1v) is 24.1. The number of ether oxygens (including phenoxy) is 4. The van der Waals surface area contributed by atoms with Crippen LogP contribution in [0.15, 0.2) is 36.5 Å². The quantitative estimate of drug-likeness (QED) is 0.0267. The van der Waals surface area contributed by atoms with Gasteiger partial charge in [0, 0.05) is 12.8 Å². The number of esters is 2. The van der Waals surface area contributed by atoms with Gasteiger partial charge in [-0.2, -0.15) is 0 Å². The molecular weight excluding hydrogens is 749 g/mol. The molecule has 4 N–H and O–H groups in total. The van der Waals surface area contributed by atoms with Crippen LogP contribution in [0.3, 0.4) is 0 Å². The third-order valence-electron chi connectivity index (χ3n) is 11.0. The number of hydrogen-bond acceptors (Lipinski definition) is 10. The summed E-state index contributed by atoms with van der Waals surface area (Å²) in [4.78, 5) is 25.4. The Morgan fingerprint density at radius 3 is 1.47 bits per heavy atom. The van der Waals surface area contributed by atoms with Crippen LogP contribution in [0.1, 0.15) is 206 Å². The Balaban J connectivity index is 2.31. The van der Waals surface area contributed by atoms with Gasteiger partial charge in [0.15, 0.2) is 12.4 Å². The number of allylic oxidation sites excluding steroid dienone is 6. The number of rotatable bonds is 40. The number of hydrogen-bond donors (Lipinski definition) is 4. The monoisotopic (exact) mass is 837 g/mol. The van der Waals surface area contributed by atoms with Crippen LogP contribution in [0.25, 0.3) is 0 Å². The Kier molecular flexibility index (Phi) is 37.3. The van der Waals surface area contributed by atoms with E-state index in [2.05, 4.69) is 50.3 Å². The van der Waals surface area contributed by atoms with Crippen LogP contribution in [0.4, 0.5) is 0 Å². The highest BCUT2D eigenvalue weighted by Gasteiger charge is 2.44. The predicted molar refractivity (Wildman–Crippen MR) is 238 cm³/mol. The average molecular weight is 837 g/mol. The third kappa shape index (κ3) is 31.4. The van der Waals surface area contributed by atoms with Gasteiger partial charge in [0.1, 0.15) is 31.0 Å². The predicted octanol–water partition coefficient (Wildman–Crippen LogP) is 10.7. The van der Waals surface area contributed by atoms with Crippen molar-refractivity contribution in [2.45, 2.75) is 243 Å². The van der Waals surface area contributed by atoms with Gasteiger partial charge in [0.2, 0.25) is 0 Å². The fraction of sp³-hybridized carbons (Fsp3) is 0.837. The molecule has 0 radical (unpaired) electrons. The normalized spacial score (nSPS) is 20.3. The summed E-state index contributed by atoms with van der Waals surface area (Å²) in [6.07, 6.45) is 38.6. The first-order chi connectivity index (χ1) is 28.8. The molecule has 6 atom stereocenters. The Hall–Kier alpha value is -2.08. The van der Waals surface area contributed by atoms with E-state index >= 15 is 0 Å². The first-order valence-electron chi connectivity index (χ1n) is 24.1. The van der Waals surface area contributed by atoms with Gasteiger partial charge in [-0.25, -0.2) is 0 Å². The molecular formula is C49H88O10. The molecule has 0 aromatic heterocycles. The highest BCUT2D eigenvalue weighted by Crippen LogP contribution is 2.23. The van der Waals surface area contributed by atoms with E-state index in [0.29, 0.717) is 12.8 Å². The van der Waals surface area contributed by atoms with Crippen molar-refractivity contribution in [3.05, 3.63) is 36.5 Å². The minimum absolute atomic E-state index is 0.222. The second kappa shape index (κ2) is 40.0. The van der Waals surface area contributed by atoms with E-state index in [1.165, 1.54) is 109 Å². The first kappa shape index (κ1) is 54.9. The van der Waals surface area contributed by atoms with Gasteiger partial charge in [-0.1, -0.05) is 159 Å². The topological polar surface area (TPSA) is 152 Å². The van der Waals surface area contributed by atoms with Crippen LogP contribution in [-0.2, 0) is 28.5 Å². The van der Waals surface area contributed by atoms with Crippen LogP contribution in [0.5, 0.6) is 0 Å². The number of aliphatic hydroxyl groups excluding tert-OH is 4. The zero-order valence-electron chi connectivity index (χ0n) is 37.5. The fourth-order valence-electron chi connectivity index (χ4n) is 7.15. The Bertz CT molecular complexity index is 1060. The molecule has 344 valence electrons. The molecule has 0 spiro atoms. The zero-order valence-corrected chi connectivity index (χ0v) is 37.5. The van der Waals surface area contributed by atoms with Crippen molar-refractivity contribution in [1.82, 2.24) is 0 Å². The van der Waals surface area contributed by atoms with Gasteiger partial charge in [0.25, 0.3) is 0 Å². The van der Waals surface area contributed by atoms with Crippen molar-refractivity contribution >= 4 is 11.9 Å². The molecule has 1 aliphatic rings. The molecule has 0 aromatic rings. The van der Waals surface area contributed by atoms with Crippen molar-refractivity contribution in [2.75, 3.05) is 19.8 Å². The van der Waals surface area contributed by atoms with Crippen molar-refractivity contribution in [3.8, 4) is 0 Å². The maximum atomic E-state index is 12.8. The average Bonchev–Trinajstić information content (AvgIpc) is 3.23. The Morgan fingerprint density at radius 1 is 0.525 bits per heavy atom. The molecule has 1 rings (SSSR count). The fourth-order valence-corrected chi connectivity index (χ4v) is 7.15. The van der Waals surface area contributed by atoms with E-state index in [1.807, 2.05) is 0 Å². The molecule has 1 fully saturated rings. The van der Waals surface area contributed by atoms with Gasteiger partial charge in [-0.15, -0.1) is 0 Å². The molecule has 0 aliphatic carbocycles. The molecule has 0 bridgehead atoms. The minimum Gasteiger partial charge on any atom is -0.462 e. The molecule has 0 amide bonds. The zero-order chi connectivity index (χ0) is 43.0. The highest BCUT2D eigenvalue weighted by molar-refractivity contribution is 5.70. The number of carbonyl (C=O) groups excluding carboxylic acids is 2. The van der Waals surface area contributed by atoms with E-state index in [4.69, 9.17) is 18.9 Å². The molecule has 1 aliphatic heterocycles. The van der Waals surface area contributed by atoms with E-state index in [9.17, 15) is 30.0 Å². The lowest BCUT2D eigenvalue weighted by Gasteiger charge is -2.39. The number of carbonyl (C=O) groups is 2. The highest BCUT2D eigenvalue weighted by atomic mass is 16.7. The van der Waals surface area contributed by atoms with Gasteiger partial charge < -0.3 is 39.4 Å². The lowest BCUT2D eigenvalue weighted by atomic mass is 9.99. The van der Waals surface area contributed by atoms with Crippen molar-refractivity contribution in [2.24, 2.45) is 0 Å².